The van der Waals surface area contributed by atoms with E-state index in [9.17, 15) is 4.79 Å². The average Bonchev–Trinajstić information content (AvgIpc) is 2.92. The quantitative estimate of drug-likeness (QED) is 0.883. The van der Waals surface area contributed by atoms with Gasteiger partial charge in [0.05, 0.1) is 12.2 Å². The molecule has 0 bridgehead atoms. The molecule has 1 aliphatic heterocycles. The van der Waals surface area contributed by atoms with Crippen LogP contribution in [0.4, 0.5) is 5.69 Å². The lowest BCUT2D eigenvalue weighted by molar-refractivity contribution is -0.127. The summed E-state index contributed by atoms with van der Waals surface area (Å²) in [5.41, 5.74) is 1.01. The van der Waals surface area contributed by atoms with Crippen molar-refractivity contribution in [3.63, 3.8) is 0 Å². The number of aromatic nitrogens is 3. The molecule has 1 aromatic heterocycles. The predicted molar refractivity (Wildman–Crippen MR) is 81.8 cm³/mol. The number of nitrogens with zero attached hydrogens (tertiary/aromatic N) is 4. The molecule has 0 spiro atoms. The van der Waals surface area contributed by atoms with E-state index in [1.807, 2.05) is 43.3 Å². The summed E-state index contributed by atoms with van der Waals surface area (Å²) in [6.07, 6.45) is 1.65. The number of para-hydroxylation sites is 2. The highest BCUT2D eigenvalue weighted by molar-refractivity contribution is 5.83. The minimum atomic E-state index is -0.501. The van der Waals surface area contributed by atoms with Gasteiger partial charge in [-0.15, -0.1) is 0 Å². The zero-order valence-electron chi connectivity index (χ0n) is 12.7. The molecular weight excluding hydrogens is 282 g/mol. The summed E-state index contributed by atoms with van der Waals surface area (Å²) in [6, 6.07) is 7.73. The molecule has 2 aromatic rings. The van der Waals surface area contributed by atoms with Crippen molar-refractivity contribution in [3.05, 3.63) is 36.4 Å². The molecule has 3 rings (SSSR count). The summed E-state index contributed by atoms with van der Waals surface area (Å²) in [7, 11) is 3.79. The number of likely N-dealkylation sites (N-methyl/N-ethyl adjacent to an activating group) is 1. The van der Waals surface area contributed by atoms with Crippen LogP contribution in [0.5, 0.6) is 5.75 Å². The van der Waals surface area contributed by atoms with E-state index in [0.29, 0.717) is 19.5 Å². The van der Waals surface area contributed by atoms with Crippen molar-refractivity contribution in [2.24, 2.45) is 7.05 Å². The molecule has 1 amide bonds. The van der Waals surface area contributed by atoms with Crippen molar-refractivity contribution >= 4 is 11.6 Å². The van der Waals surface area contributed by atoms with Crippen LogP contribution in [0, 0.1) is 0 Å². The highest BCUT2D eigenvalue weighted by atomic mass is 16.5. The molecule has 7 nitrogen and oxygen atoms in total. The maximum Gasteiger partial charge on any atom is 0.262 e. The topological polar surface area (TPSA) is 72.3 Å². The summed E-state index contributed by atoms with van der Waals surface area (Å²) >= 11 is 0. The standard InChI is InChI=1S/C15H19N5O2/c1-19-9-13(22-12-6-4-3-5-11(12)19)15(21)16-8-7-14-17-10-18-20(14)2/h3-6,10,13H,7-9H2,1-2H3,(H,16,21). The highest BCUT2D eigenvalue weighted by Gasteiger charge is 2.28. The molecule has 1 aliphatic rings. The number of fused-ring (bicyclic) bond motifs is 1. The van der Waals surface area contributed by atoms with Crippen molar-refractivity contribution in [2.45, 2.75) is 12.5 Å². The number of hydrogen-bond acceptors (Lipinski definition) is 5. The van der Waals surface area contributed by atoms with Crippen LogP contribution in [0.2, 0.25) is 0 Å². The van der Waals surface area contributed by atoms with E-state index >= 15 is 0 Å². The van der Waals surface area contributed by atoms with Crippen molar-refractivity contribution in [1.29, 1.82) is 0 Å². The molecule has 1 N–H and O–H groups in total. The number of amides is 1. The van der Waals surface area contributed by atoms with E-state index in [1.54, 1.807) is 4.68 Å². The Morgan fingerprint density at radius 3 is 3.00 bits per heavy atom. The van der Waals surface area contributed by atoms with Crippen LogP contribution in [0.25, 0.3) is 0 Å². The Hall–Kier alpha value is -2.57. The molecule has 0 aliphatic carbocycles. The molecule has 0 saturated heterocycles. The van der Waals surface area contributed by atoms with Gasteiger partial charge in [-0.3, -0.25) is 9.48 Å². The maximum absolute atomic E-state index is 12.3. The van der Waals surface area contributed by atoms with Gasteiger partial charge in [-0.2, -0.15) is 5.10 Å². The Labute approximate surface area is 128 Å². The van der Waals surface area contributed by atoms with Crippen molar-refractivity contribution in [3.8, 4) is 5.75 Å². The molecule has 1 atom stereocenters. The van der Waals surface area contributed by atoms with Gasteiger partial charge in [0.25, 0.3) is 5.91 Å². The highest BCUT2D eigenvalue weighted by Crippen LogP contribution is 2.31. The van der Waals surface area contributed by atoms with Crippen molar-refractivity contribution in [1.82, 2.24) is 20.1 Å². The number of carbonyl (C=O) groups excluding carboxylic acids is 1. The number of anilines is 1. The van der Waals surface area contributed by atoms with Crippen LogP contribution in [0.1, 0.15) is 5.82 Å². The molecule has 116 valence electrons. The Balaban J connectivity index is 1.56. The van der Waals surface area contributed by atoms with Crippen molar-refractivity contribution < 1.29 is 9.53 Å². The van der Waals surface area contributed by atoms with E-state index in [1.165, 1.54) is 6.33 Å². The summed E-state index contributed by atoms with van der Waals surface area (Å²) in [5.74, 6) is 1.47. The lowest BCUT2D eigenvalue weighted by Crippen LogP contribution is -2.48. The summed E-state index contributed by atoms with van der Waals surface area (Å²) in [4.78, 5) is 18.4. The minimum Gasteiger partial charge on any atom is -0.477 e. The molecule has 0 radical (unpaired) electrons. The Morgan fingerprint density at radius 2 is 2.23 bits per heavy atom. The third-order valence-electron chi connectivity index (χ3n) is 3.73. The second-order valence-electron chi connectivity index (χ2n) is 5.30. The molecule has 1 unspecified atom stereocenters. The summed E-state index contributed by atoms with van der Waals surface area (Å²) in [6.45, 7) is 1.05. The first-order chi connectivity index (χ1) is 10.6. The number of rotatable bonds is 4. The fraction of sp³-hybridized carbons (Fsp3) is 0.400. The Bertz CT molecular complexity index is 669. The van der Waals surface area contributed by atoms with E-state index in [4.69, 9.17) is 4.74 Å². The maximum atomic E-state index is 12.3. The second-order valence-corrected chi connectivity index (χ2v) is 5.30. The first kappa shape index (κ1) is 14.4. The lowest BCUT2D eigenvalue weighted by Gasteiger charge is -2.32. The van der Waals surface area contributed by atoms with Gasteiger partial charge in [0.1, 0.15) is 17.9 Å². The number of aryl methyl sites for hydroxylation is 1. The number of nitrogens with one attached hydrogen (secondary N) is 1. The zero-order chi connectivity index (χ0) is 15.5. The Kier molecular flexibility index (Phi) is 3.95. The van der Waals surface area contributed by atoms with Gasteiger partial charge in [0, 0.05) is 27.1 Å². The largest absolute Gasteiger partial charge is 0.477 e. The van der Waals surface area contributed by atoms with Gasteiger partial charge in [0.15, 0.2) is 6.10 Å². The first-order valence-electron chi connectivity index (χ1n) is 7.22. The summed E-state index contributed by atoms with van der Waals surface area (Å²) in [5, 5.41) is 6.90. The smallest absolute Gasteiger partial charge is 0.262 e. The molecular formula is C15H19N5O2. The van der Waals surface area contributed by atoms with E-state index in [2.05, 4.69) is 15.4 Å². The van der Waals surface area contributed by atoms with Gasteiger partial charge >= 0.3 is 0 Å². The third-order valence-corrected chi connectivity index (χ3v) is 3.73. The van der Waals surface area contributed by atoms with Crippen LogP contribution in [0.15, 0.2) is 30.6 Å². The predicted octanol–water partition coefficient (Wildman–Crippen LogP) is 0.371. The molecule has 0 saturated carbocycles. The fourth-order valence-electron chi connectivity index (χ4n) is 2.50. The fourth-order valence-corrected chi connectivity index (χ4v) is 2.50. The zero-order valence-corrected chi connectivity index (χ0v) is 12.7. The molecule has 2 heterocycles. The Morgan fingerprint density at radius 1 is 1.41 bits per heavy atom. The normalized spacial score (nSPS) is 16.8. The van der Waals surface area contributed by atoms with Crippen LogP contribution in [-0.2, 0) is 18.3 Å². The van der Waals surface area contributed by atoms with Crippen LogP contribution in [-0.4, -0.2) is 46.9 Å². The van der Waals surface area contributed by atoms with Gasteiger partial charge in [-0.05, 0) is 12.1 Å². The van der Waals surface area contributed by atoms with Crippen molar-refractivity contribution in [2.75, 3.05) is 25.0 Å². The van der Waals surface area contributed by atoms with Crippen LogP contribution >= 0.6 is 0 Å². The SMILES string of the molecule is CN1CC(C(=O)NCCc2ncnn2C)Oc2ccccc21. The first-order valence-corrected chi connectivity index (χ1v) is 7.22. The van der Waals surface area contributed by atoms with E-state index in [-0.39, 0.29) is 5.91 Å². The second kappa shape index (κ2) is 6.05. The van der Waals surface area contributed by atoms with E-state index < -0.39 is 6.10 Å². The van der Waals surface area contributed by atoms with Gasteiger partial charge in [-0.25, -0.2) is 4.98 Å². The molecule has 7 heteroatoms. The number of carbonyl (C=O) groups is 1. The average molecular weight is 301 g/mol. The van der Waals surface area contributed by atoms with Gasteiger partial charge < -0.3 is 15.0 Å². The van der Waals surface area contributed by atoms with Crippen LogP contribution in [0.3, 0.4) is 0 Å². The number of ether oxygens (including phenoxy) is 1. The lowest BCUT2D eigenvalue weighted by atomic mass is 10.2. The summed E-state index contributed by atoms with van der Waals surface area (Å²) < 4.78 is 7.49. The molecule has 1 aromatic carbocycles. The number of hydrogen-bond donors (Lipinski definition) is 1. The van der Waals surface area contributed by atoms with Crippen LogP contribution < -0.4 is 15.0 Å². The monoisotopic (exact) mass is 301 g/mol. The molecule has 0 fully saturated rings. The van der Waals surface area contributed by atoms with Gasteiger partial charge in [-0.1, -0.05) is 12.1 Å². The minimum absolute atomic E-state index is 0.108. The molecule has 22 heavy (non-hydrogen) atoms. The van der Waals surface area contributed by atoms with Gasteiger partial charge in [0.2, 0.25) is 0 Å². The number of benzene rings is 1. The third kappa shape index (κ3) is 2.88. The van der Waals surface area contributed by atoms with E-state index in [0.717, 1.165) is 17.3 Å².